The van der Waals surface area contributed by atoms with Gasteiger partial charge in [0.2, 0.25) is 0 Å². The molecule has 0 spiro atoms. The van der Waals surface area contributed by atoms with Crippen molar-refractivity contribution < 1.29 is 0 Å². The van der Waals surface area contributed by atoms with Crippen LogP contribution in [0.15, 0.2) is 72.8 Å². The van der Waals surface area contributed by atoms with Gasteiger partial charge in [0.05, 0.1) is 0 Å². The number of hydrogen-bond acceptors (Lipinski definition) is 0. The molecular weight excluding hydrogens is 662 g/mol. The molecule has 0 N–H and O–H groups in total. The monoisotopic (exact) mass is 747 g/mol. The normalized spacial score (nSPS) is 15.0. The van der Waals surface area contributed by atoms with Gasteiger partial charge in [-0.1, -0.05) is 65.2 Å². The quantitative estimate of drug-likeness (QED) is 0.0441. The third-order valence-corrected chi connectivity index (χ3v) is 13.9. The van der Waals surface area contributed by atoms with Crippen LogP contribution >= 0.6 is 0 Å². The molecule has 56 heavy (non-hydrogen) atoms. The Kier molecular flexibility index (Phi) is 24.9. The van der Waals surface area contributed by atoms with Crippen LogP contribution in [-0.4, -0.2) is 35.4 Å². The van der Waals surface area contributed by atoms with Gasteiger partial charge in [0, 0.05) is 0 Å². The van der Waals surface area contributed by atoms with Crippen molar-refractivity contribution in [2.24, 2.45) is 11.8 Å². The van der Waals surface area contributed by atoms with Crippen molar-refractivity contribution in [1.29, 1.82) is 0 Å². The van der Waals surface area contributed by atoms with Crippen LogP contribution in [0.25, 0.3) is 0 Å². The van der Waals surface area contributed by atoms with E-state index < -0.39 is 0 Å². The molecule has 4 atom stereocenters. The molecule has 302 valence electrons. The van der Waals surface area contributed by atoms with E-state index in [9.17, 15) is 0 Å². The average Bonchev–Trinajstić information content (AvgIpc) is 3.22. The van der Waals surface area contributed by atoms with Gasteiger partial charge < -0.3 is 0 Å². The minimum atomic E-state index is -0.00694. The van der Waals surface area contributed by atoms with Crippen molar-refractivity contribution in [3.63, 3.8) is 0 Å². The Hall–Kier alpha value is -1.15. The summed E-state index contributed by atoms with van der Waals surface area (Å²) < 4.78 is -0.0139. The maximum atomic E-state index is 2.51. The van der Waals surface area contributed by atoms with Gasteiger partial charge in [0.15, 0.2) is 0 Å². The van der Waals surface area contributed by atoms with Gasteiger partial charge in [0.25, 0.3) is 0 Å². The van der Waals surface area contributed by atoms with Crippen LogP contribution in [0.2, 0.25) is 0 Å². The van der Waals surface area contributed by atoms with Crippen molar-refractivity contribution in [1.82, 2.24) is 0 Å². The van der Waals surface area contributed by atoms with Crippen molar-refractivity contribution in [3.8, 4) is 0 Å². The first-order valence-electron chi connectivity index (χ1n) is 24.5. The molecule has 0 aliphatic carbocycles. The molecule has 0 aromatic heterocycles. The van der Waals surface area contributed by atoms with Crippen LogP contribution in [0.4, 0.5) is 0 Å². The van der Waals surface area contributed by atoms with E-state index in [2.05, 4.69) is 150 Å². The molecular formula is C54H84Li2. The molecule has 0 heterocycles. The fourth-order valence-electron chi connectivity index (χ4n) is 9.40. The summed E-state index contributed by atoms with van der Waals surface area (Å²) in [5, 5.41) is 0. The van der Waals surface area contributed by atoms with Gasteiger partial charge in [-0.15, -0.1) is 0 Å². The number of unbranched alkanes of at least 4 members (excludes halogenated alkanes) is 18. The van der Waals surface area contributed by atoms with Crippen LogP contribution in [0.1, 0.15) is 229 Å². The molecule has 0 nitrogen and oxygen atoms in total. The molecule has 2 heteroatoms. The Morgan fingerprint density at radius 2 is 0.589 bits per heavy atom. The van der Waals surface area contributed by atoms with Crippen LogP contribution in [0.5, 0.6) is 0 Å². The first-order chi connectivity index (χ1) is 27.2. The predicted molar refractivity (Wildman–Crippen MR) is 252 cm³/mol. The summed E-state index contributed by atoms with van der Waals surface area (Å²) in [4.78, 5) is 0. The summed E-state index contributed by atoms with van der Waals surface area (Å²) in [6.07, 6.45) is 35.2. The molecule has 0 saturated heterocycles. The number of benzene rings is 3. The van der Waals surface area contributed by atoms with E-state index in [1.54, 1.807) is 0 Å². The van der Waals surface area contributed by atoms with Crippen LogP contribution in [0, 0.1) is 11.8 Å². The van der Waals surface area contributed by atoms with Crippen molar-refractivity contribution in [2.75, 3.05) is 0 Å². The summed E-state index contributed by atoms with van der Waals surface area (Å²) in [6, 6.07) is 29.6. The molecule has 3 aromatic rings. The first-order valence-corrected chi connectivity index (χ1v) is 24.5. The van der Waals surface area contributed by atoms with E-state index in [1.165, 1.54) is 200 Å². The first kappa shape index (κ1) is 49.2. The SMILES string of the molecule is [Li][C](CC(C)CC)(c1ccc(CCCCCCCCCCCC)cc1)c1ccc([C]([Li])(CC(C)CC)c2ccc(CCCCCCCCCCCC)cc2)cc1. The van der Waals surface area contributed by atoms with Crippen molar-refractivity contribution in [2.45, 2.75) is 217 Å². The summed E-state index contributed by atoms with van der Waals surface area (Å²) in [5.41, 5.74) is 8.87. The fourth-order valence-corrected chi connectivity index (χ4v) is 9.40. The molecule has 0 radical (unpaired) electrons. The second-order valence-electron chi connectivity index (χ2n) is 18.9. The second-order valence-corrected chi connectivity index (χ2v) is 18.9. The van der Waals surface area contributed by atoms with Crippen LogP contribution in [0.3, 0.4) is 0 Å². The Bertz CT molecular complexity index is 1280. The van der Waals surface area contributed by atoms with E-state index in [0.717, 1.165) is 0 Å². The van der Waals surface area contributed by atoms with E-state index in [-0.39, 0.29) is 8.18 Å². The Balaban J connectivity index is 1.66. The predicted octanol–water partition coefficient (Wildman–Crippen LogP) is 16.3. The minimum absolute atomic E-state index is 0.00694. The molecule has 3 rings (SSSR count). The fraction of sp³-hybridized carbons (Fsp3) is 0.667. The molecule has 0 bridgehead atoms. The summed E-state index contributed by atoms with van der Waals surface area (Å²) in [5.74, 6) is 1.33. The summed E-state index contributed by atoms with van der Waals surface area (Å²) in [7, 11) is 0. The Morgan fingerprint density at radius 1 is 0.357 bits per heavy atom. The van der Waals surface area contributed by atoms with Gasteiger partial charge in [0.1, 0.15) is 0 Å². The molecule has 0 amide bonds. The van der Waals surface area contributed by atoms with E-state index in [1.807, 2.05) is 0 Å². The molecule has 4 unspecified atom stereocenters. The van der Waals surface area contributed by atoms with E-state index in [0.29, 0.717) is 11.8 Å². The van der Waals surface area contributed by atoms with E-state index >= 15 is 0 Å². The number of aryl methyl sites for hydroxylation is 2. The van der Waals surface area contributed by atoms with Gasteiger partial charge in [-0.05, 0) is 0 Å². The molecule has 3 aromatic carbocycles. The Labute approximate surface area is 367 Å². The van der Waals surface area contributed by atoms with Crippen molar-refractivity contribution in [3.05, 3.63) is 106 Å². The molecule has 0 aliphatic rings. The summed E-state index contributed by atoms with van der Waals surface area (Å²) in [6.45, 7) is 14.2. The zero-order valence-electron chi connectivity index (χ0n) is 38.5. The second kappa shape index (κ2) is 28.3. The Morgan fingerprint density at radius 3 is 0.839 bits per heavy atom. The van der Waals surface area contributed by atoms with Gasteiger partial charge >= 0.3 is 305 Å². The van der Waals surface area contributed by atoms with Crippen LogP contribution < -0.4 is 0 Å². The molecule has 0 aliphatic heterocycles. The standard InChI is InChI=1S/C54H84.2Li/c1-7-11-13-15-17-19-21-23-25-27-29-47-31-35-49(36-32-47)53(43-45(5)9-3)51-39-41-52(42-40-51)54(44-46(6)10-4)50-37-33-48(34-38-50)30-28-26-24-22-20-18-16-14-12-8-2;;/h31-42,45-46H,7-30,43-44H2,1-6H3;;. The zero-order chi connectivity index (χ0) is 40.5. The zero-order valence-corrected chi connectivity index (χ0v) is 38.5. The number of hydrogen-bond donors (Lipinski definition) is 0. The topological polar surface area (TPSA) is 0 Å². The van der Waals surface area contributed by atoms with Gasteiger partial charge in [-0.25, -0.2) is 0 Å². The molecule has 0 saturated carbocycles. The van der Waals surface area contributed by atoms with Gasteiger partial charge in [-0.2, -0.15) is 0 Å². The number of rotatable bonds is 32. The third-order valence-electron chi connectivity index (χ3n) is 13.9. The van der Waals surface area contributed by atoms with E-state index in [4.69, 9.17) is 0 Å². The van der Waals surface area contributed by atoms with Crippen molar-refractivity contribution >= 4 is 35.4 Å². The summed E-state index contributed by atoms with van der Waals surface area (Å²) >= 11 is 5.02. The van der Waals surface area contributed by atoms with Crippen LogP contribution in [-0.2, 0) is 21.0 Å². The molecule has 0 fully saturated rings. The average molecular weight is 747 g/mol. The third kappa shape index (κ3) is 17.2. The van der Waals surface area contributed by atoms with Gasteiger partial charge in [-0.3, -0.25) is 0 Å². The maximum absolute atomic E-state index is 2.51.